The molecular formula is C11H18ClN3O2S. The zero-order valence-electron chi connectivity index (χ0n) is 10.3. The number of carbonyl (C=O) groups excluding carboxylic acids is 1. The number of aliphatic hydroxyl groups is 1. The molecule has 1 aromatic heterocycles. The first kappa shape index (κ1) is 17.0. The molecule has 0 radical (unpaired) electrons. The Hall–Kier alpha value is -0.980. The van der Waals surface area contributed by atoms with Gasteiger partial charge in [-0.25, -0.2) is 4.98 Å². The Morgan fingerprint density at radius 2 is 2.28 bits per heavy atom. The monoisotopic (exact) mass is 291 g/mol. The highest BCUT2D eigenvalue weighted by Gasteiger charge is 2.29. The van der Waals surface area contributed by atoms with Crippen LogP contribution in [0.3, 0.4) is 0 Å². The van der Waals surface area contributed by atoms with E-state index in [1.807, 2.05) is 0 Å². The first-order valence-electron chi connectivity index (χ1n) is 5.32. The predicted octanol–water partition coefficient (Wildman–Crippen LogP) is 1.57. The number of aromatic amines is 1. The van der Waals surface area contributed by atoms with Crippen molar-refractivity contribution in [2.75, 3.05) is 0 Å². The van der Waals surface area contributed by atoms with E-state index in [9.17, 15) is 9.90 Å². The van der Waals surface area contributed by atoms with Gasteiger partial charge in [0, 0.05) is 24.5 Å². The SMILES string of the molecule is CC(C)(CC(=O)[C@@H](N)Cc1c[nH]cn1)C(O)=S.Cl. The van der Waals surface area contributed by atoms with Gasteiger partial charge in [0.05, 0.1) is 18.1 Å². The standard InChI is InChI=1S/C11H17N3O2S.ClH/c1-11(2,10(16)17)4-9(15)8(12)3-7-5-13-6-14-7;/h5-6,8H,3-4,12H2,1-2H3,(H,13,14)(H,16,17);1H/t8-;/m0./s1. The van der Waals surface area contributed by atoms with Gasteiger partial charge in [-0.2, -0.15) is 0 Å². The fourth-order valence-corrected chi connectivity index (χ4v) is 1.46. The summed E-state index contributed by atoms with van der Waals surface area (Å²) in [6.07, 6.45) is 3.76. The Morgan fingerprint density at radius 1 is 1.67 bits per heavy atom. The number of H-pyrrole nitrogens is 1. The average molecular weight is 292 g/mol. The number of imidazole rings is 1. The van der Waals surface area contributed by atoms with Crippen LogP contribution in [-0.4, -0.2) is 32.0 Å². The molecule has 0 bridgehead atoms. The normalized spacial score (nSPS) is 12.6. The van der Waals surface area contributed by atoms with Gasteiger partial charge in [0.2, 0.25) is 0 Å². The first-order chi connectivity index (χ1) is 7.83. The van der Waals surface area contributed by atoms with Crippen LogP contribution >= 0.6 is 24.6 Å². The molecule has 0 aromatic carbocycles. The lowest BCUT2D eigenvalue weighted by molar-refractivity contribution is -0.121. The first-order valence-corrected chi connectivity index (χ1v) is 5.73. The third kappa shape index (κ3) is 4.72. The van der Waals surface area contributed by atoms with E-state index in [-0.39, 0.29) is 29.7 Å². The van der Waals surface area contributed by atoms with Crippen LogP contribution in [0.25, 0.3) is 0 Å². The number of hydrogen-bond donors (Lipinski definition) is 3. The number of nitrogens with two attached hydrogens (primary N) is 1. The summed E-state index contributed by atoms with van der Waals surface area (Å²) in [5.41, 5.74) is 5.82. The third-order valence-corrected chi connectivity index (χ3v) is 3.15. The van der Waals surface area contributed by atoms with Crippen molar-refractivity contribution in [2.24, 2.45) is 11.1 Å². The smallest absolute Gasteiger partial charge is 0.162 e. The molecule has 0 saturated heterocycles. The van der Waals surface area contributed by atoms with Gasteiger partial charge in [0.1, 0.15) is 0 Å². The number of Topliss-reactive ketones (excluding diaryl/α,β-unsaturated/α-hetero) is 1. The molecule has 0 unspecified atom stereocenters. The summed E-state index contributed by atoms with van der Waals surface area (Å²) in [6.45, 7) is 3.43. The van der Waals surface area contributed by atoms with Gasteiger partial charge in [0.25, 0.3) is 0 Å². The summed E-state index contributed by atoms with van der Waals surface area (Å²) < 4.78 is 0. The number of halogens is 1. The zero-order chi connectivity index (χ0) is 13.1. The van der Waals surface area contributed by atoms with Crippen molar-refractivity contribution in [1.82, 2.24) is 9.97 Å². The molecule has 7 heteroatoms. The second-order valence-corrected chi connectivity index (χ2v) is 5.09. The number of nitrogens with one attached hydrogen (secondary N) is 1. The zero-order valence-corrected chi connectivity index (χ0v) is 12.0. The molecule has 4 N–H and O–H groups in total. The van der Waals surface area contributed by atoms with Gasteiger partial charge >= 0.3 is 0 Å². The lowest BCUT2D eigenvalue weighted by Crippen LogP contribution is -2.37. The Labute approximate surface area is 118 Å². The molecule has 0 fully saturated rings. The highest BCUT2D eigenvalue weighted by molar-refractivity contribution is 7.80. The number of ketones is 1. The van der Waals surface area contributed by atoms with Gasteiger partial charge < -0.3 is 15.8 Å². The van der Waals surface area contributed by atoms with E-state index in [2.05, 4.69) is 9.97 Å². The summed E-state index contributed by atoms with van der Waals surface area (Å²) in [6, 6.07) is -0.619. The van der Waals surface area contributed by atoms with Crippen LogP contribution in [-0.2, 0) is 11.2 Å². The van der Waals surface area contributed by atoms with Crippen LogP contribution in [0.4, 0.5) is 0 Å². The lowest BCUT2D eigenvalue weighted by Gasteiger charge is -2.22. The van der Waals surface area contributed by atoms with Crippen LogP contribution in [0.1, 0.15) is 26.0 Å². The third-order valence-electron chi connectivity index (χ3n) is 2.59. The van der Waals surface area contributed by atoms with Crippen LogP contribution in [0.5, 0.6) is 0 Å². The molecular weight excluding hydrogens is 274 g/mol. The quantitative estimate of drug-likeness (QED) is 0.692. The molecule has 0 aliphatic heterocycles. The minimum atomic E-state index is -0.713. The van der Waals surface area contributed by atoms with Crippen molar-refractivity contribution in [1.29, 1.82) is 0 Å². The van der Waals surface area contributed by atoms with E-state index in [1.165, 1.54) is 0 Å². The minimum Gasteiger partial charge on any atom is -0.502 e. The van der Waals surface area contributed by atoms with Crippen LogP contribution < -0.4 is 5.73 Å². The van der Waals surface area contributed by atoms with Crippen molar-refractivity contribution in [3.8, 4) is 0 Å². The number of thiocarbonyl (C=S) groups is 1. The fraction of sp³-hybridized carbons (Fsp3) is 0.545. The van der Waals surface area contributed by atoms with Gasteiger partial charge in [-0.3, -0.25) is 4.79 Å². The minimum absolute atomic E-state index is 0. The van der Waals surface area contributed by atoms with Gasteiger partial charge in [-0.1, -0.05) is 13.8 Å². The summed E-state index contributed by atoms with van der Waals surface area (Å²) in [4.78, 5) is 18.7. The number of aliphatic hydroxyl groups excluding tert-OH is 1. The Kier molecular flexibility index (Phi) is 6.45. The molecule has 1 heterocycles. The van der Waals surface area contributed by atoms with Crippen molar-refractivity contribution in [3.05, 3.63) is 18.2 Å². The summed E-state index contributed by atoms with van der Waals surface area (Å²) in [5.74, 6) is -0.130. The summed E-state index contributed by atoms with van der Waals surface area (Å²) in [5, 5.41) is 9.12. The van der Waals surface area contributed by atoms with Gasteiger partial charge in [-0.05, 0) is 12.2 Å². The van der Waals surface area contributed by atoms with Crippen molar-refractivity contribution in [3.63, 3.8) is 0 Å². The Balaban J connectivity index is 0.00000289. The van der Waals surface area contributed by atoms with E-state index < -0.39 is 11.5 Å². The molecule has 0 aliphatic rings. The largest absolute Gasteiger partial charge is 0.502 e. The molecule has 0 saturated carbocycles. The number of rotatable bonds is 6. The van der Waals surface area contributed by atoms with Crippen molar-refractivity contribution >= 4 is 35.5 Å². The highest BCUT2D eigenvalue weighted by Crippen LogP contribution is 2.22. The van der Waals surface area contributed by atoms with E-state index in [0.717, 1.165) is 5.69 Å². The molecule has 1 aromatic rings. The highest BCUT2D eigenvalue weighted by atomic mass is 35.5. The molecule has 1 rings (SSSR count). The summed E-state index contributed by atoms with van der Waals surface area (Å²) >= 11 is 4.70. The maximum absolute atomic E-state index is 11.9. The Morgan fingerprint density at radius 3 is 2.72 bits per heavy atom. The second kappa shape index (κ2) is 6.82. The number of aromatic nitrogens is 2. The number of nitrogens with zero attached hydrogens (tertiary/aromatic N) is 1. The fourth-order valence-electron chi connectivity index (χ4n) is 1.38. The van der Waals surface area contributed by atoms with E-state index in [1.54, 1.807) is 26.4 Å². The molecule has 0 amide bonds. The van der Waals surface area contributed by atoms with E-state index in [4.69, 9.17) is 18.0 Å². The number of carbonyl (C=O) groups is 1. The van der Waals surface area contributed by atoms with Crippen molar-refractivity contribution < 1.29 is 9.90 Å². The van der Waals surface area contributed by atoms with Gasteiger partial charge in [0.15, 0.2) is 10.8 Å². The molecule has 102 valence electrons. The van der Waals surface area contributed by atoms with Crippen LogP contribution in [0, 0.1) is 5.41 Å². The molecule has 5 nitrogen and oxygen atoms in total. The maximum atomic E-state index is 11.9. The van der Waals surface area contributed by atoms with Crippen molar-refractivity contribution in [2.45, 2.75) is 32.7 Å². The van der Waals surface area contributed by atoms with Crippen LogP contribution in [0.2, 0.25) is 0 Å². The molecule has 18 heavy (non-hydrogen) atoms. The lowest BCUT2D eigenvalue weighted by atomic mass is 9.85. The number of hydrogen-bond acceptors (Lipinski definition) is 4. The summed E-state index contributed by atoms with van der Waals surface area (Å²) in [7, 11) is 0. The van der Waals surface area contributed by atoms with Gasteiger partial charge in [-0.15, -0.1) is 12.4 Å². The predicted molar refractivity (Wildman–Crippen MR) is 76.1 cm³/mol. The van der Waals surface area contributed by atoms with E-state index in [0.29, 0.717) is 6.42 Å². The topological polar surface area (TPSA) is 92.0 Å². The van der Waals surface area contributed by atoms with Crippen LogP contribution in [0.15, 0.2) is 12.5 Å². The Bertz CT molecular complexity index is 406. The van der Waals surface area contributed by atoms with E-state index >= 15 is 0 Å². The molecule has 0 spiro atoms. The molecule has 0 aliphatic carbocycles. The molecule has 1 atom stereocenters. The average Bonchev–Trinajstić information content (AvgIpc) is 2.69. The second-order valence-electron chi connectivity index (χ2n) is 4.70. The maximum Gasteiger partial charge on any atom is 0.162 e.